The zero-order valence-corrected chi connectivity index (χ0v) is 8.09. The van der Waals surface area contributed by atoms with Crippen LogP contribution in [0, 0.1) is 11.3 Å². The minimum absolute atomic E-state index is 0.440. The van der Waals surface area contributed by atoms with E-state index in [-0.39, 0.29) is 0 Å². The maximum absolute atomic E-state index is 9.41. The summed E-state index contributed by atoms with van der Waals surface area (Å²) >= 11 is 0. The van der Waals surface area contributed by atoms with Crippen molar-refractivity contribution in [3.8, 4) is 0 Å². The molecular weight excluding hydrogens is 192 g/mol. The van der Waals surface area contributed by atoms with Crippen LogP contribution in [0.1, 0.15) is 6.92 Å². The summed E-state index contributed by atoms with van der Waals surface area (Å²) in [5.74, 6) is -3.39. The van der Waals surface area contributed by atoms with E-state index < -0.39 is 43.5 Å². The molecule has 0 saturated carbocycles. The summed E-state index contributed by atoms with van der Waals surface area (Å²) in [6.07, 6.45) is 0. The zero-order valence-electron chi connectivity index (χ0n) is 8.09. The van der Waals surface area contributed by atoms with Crippen LogP contribution in [0.4, 0.5) is 0 Å². The summed E-state index contributed by atoms with van der Waals surface area (Å²) in [5.41, 5.74) is -1.74. The summed E-state index contributed by atoms with van der Waals surface area (Å²) in [5, 5.41) is 54.5. The number of aliphatic hydroxyl groups is 6. The Labute approximate surface area is 82.1 Å². The molecule has 0 amide bonds. The van der Waals surface area contributed by atoms with Gasteiger partial charge in [0.05, 0.1) is 25.2 Å². The molecule has 6 N–H and O–H groups in total. The van der Waals surface area contributed by atoms with Gasteiger partial charge in [-0.3, -0.25) is 0 Å². The van der Waals surface area contributed by atoms with Crippen molar-refractivity contribution in [2.24, 2.45) is 11.3 Å². The molecule has 0 aliphatic rings. The highest BCUT2D eigenvalue weighted by atomic mass is 16.5. The van der Waals surface area contributed by atoms with Crippen molar-refractivity contribution in [2.45, 2.75) is 12.7 Å². The van der Waals surface area contributed by atoms with Crippen LogP contribution in [0.25, 0.3) is 0 Å². The minimum Gasteiger partial charge on any atom is -0.396 e. The summed E-state index contributed by atoms with van der Waals surface area (Å²) in [6.45, 7) is -1.54. The number of rotatable bonds is 6. The van der Waals surface area contributed by atoms with E-state index in [0.717, 1.165) is 0 Å². The molecule has 14 heavy (non-hydrogen) atoms. The zero-order chi connectivity index (χ0) is 11.4. The number of hydrogen-bond acceptors (Lipinski definition) is 6. The highest BCUT2D eigenvalue weighted by Gasteiger charge is 2.52. The Morgan fingerprint density at radius 2 is 1.36 bits per heavy atom. The van der Waals surface area contributed by atoms with Crippen molar-refractivity contribution in [3.63, 3.8) is 0 Å². The second-order valence-corrected chi connectivity index (χ2v) is 3.53. The van der Waals surface area contributed by atoms with Crippen molar-refractivity contribution in [1.29, 1.82) is 0 Å². The molecular formula is C8H18O6. The third-order valence-corrected chi connectivity index (χ3v) is 2.80. The van der Waals surface area contributed by atoms with Gasteiger partial charge in [0.1, 0.15) is 0 Å². The molecule has 0 saturated heterocycles. The Hall–Kier alpha value is -0.240. The third kappa shape index (κ3) is 2.05. The lowest BCUT2D eigenvalue weighted by Gasteiger charge is -2.43. The molecule has 1 unspecified atom stereocenters. The number of aliphatic hydroxyl groups excluding tert-OH is 4. The van der Waals surface area contributed by atoms with Crippen LogP contribution >= 0.6 is 0 Å². The fourth-order valence-electron chi connectivity index (χ4n) is 1.34. The Morgan fingerprint density at radius 1 is 0.929 bits per heavy atom. The molecule has 0 aliphatic heterocycles. The molecule has 6 heteroatoms. The van der Waals surface area contributed by atoms with E-state index in [2.05, 4.69) is 0 Å². The average molecular weight is 210 g/mol. The van der Waals surface area contributed by atoms with Crippen molar-refractivity contribution < 1.29 is 30.6 Å². The monoisotopic (exact) mass is 210 g/mol. The van der Waals surface area contributed by atoms with Gasteiger partial charge in [0.2, 0.25) is 0 Å². The predicted octanol–water partition coefficient (Wildman–Crippen LogP) is -2.74. The fraction of sp³-hybridized carbons (Fsp3) is 1.00. The first-order chi connectivity index (χ1) is 6.41. The van der Waals surface area contributed by atoms with Crippen LogP contribution in [0.5, 0.6) is 0 Å². The molecule has 0 aliphatic carbocycles. The van der Waals surface area contributed by atoms with Crippen LogP contribution < -0.4 is 0 Å². The molecule has 0 radical (unpaired) electrons. The Bertz CT molecular complexity index is 165. The molecule has 0 aromatic rings. The van der Waals surface area contributed by atoms with E-state index in [4.69, 9.17) is 20.4 Å². The fourth-order valence-corrected chi connectivity index (χ4v) is 1.34. The van der Waals surface area contributed by atoms with Crippen molar-refractivity contribution in [2.75, 3.05) is 26.4 Å². The second-order valence-electron chi connectivity index (χ2n) is 3.53. The topological polar surface area (TPSA) is 121 Å². The molecule has 0 aromatic heterocycles. The molecule has 0 fully saturated rings. The summed E-state index contributed by atoms with van der Waals surface area (Å²) < 4.78 is 0. The largest absolute Gasteiger partial charge is 0.396 e. The molecule has 0 rings (SSSR count). The van der Waals surface area contributed by atoms with Crippen LogP contribution in [-0.4, -0.2) is 62.9 Å². The summed E-state index contributed by atoms with van der Waals surface area (Å²) in [6, 6.07) is 0. The molecule has 1 atom stereocenters. The maximum atomic E-state index is 9.41. The first kappa shape index (κ1) is 13.8. The van der Waals surface area contributed by atoms with Crippen molar-refractivity contribution in [1.82, 2.24) is 0 Å². The molecule has 86 valence electrons. The van der Waals surface area contributed by atoms with Crippen molar-refractivity contribution >= 4 is 0 Å². The van der Waals surface area contributed by atoms with Gasteiger partial charge < -0.3 is 30.6 Å². The first-order valence-electron chi connectivity index (χ1n) is 4.30. The minimum atomic E-state index is -2.63. The SMILES string of the molecule is CC(CO)C(CO)(CO)C(O)(O)CO. The Morgan fingerprint density at radius 3 is 1.57 bits per heavy atom. The van der Waals surface area contributed by atoms with Gasteiger partial charge in [0.25, 0.3) is 0 Å². The van der Waals surface area contributed by atoms with Gasteiger partial charge in [-0.15, -0.1) is 0 Å². The van der Waals surface area contributed by atoms with Gasteiger partial charge in [-0.2, -0.15) is 0 Å². The third-order valence-electron chi connectivity index (χ3n) is 2.80. The lowest BCUT2D eigenvalue weighted by atomic mass is 9.71. The number of hydrogen-bond donors (Lipinski definition) is 6. The van der Waals surface area contributed by atoms with Gasteiger partial charge >= 0.3 is 0 Å². The van der Waals surface area contributed by atoms with E-state index >= 15 is 0 Å². The quantitative estimate of drug-likeness (QED) is 0.264. The van der Waals surface area contributed by atoms with Crippen LogP contribution in [0.3, 0.4) is 0 Å². The summed E-state index contributed by atoms with van der Waals surface area (Å²) in [4.78, 5) is 0. The van der Waals surface area contributed by atoms with Crippen LogP contribution in [0.15, 0.2) is 0 Å². The van der Waals surface area contributed by atoms with Crippen LogP contribution in [0.2, 0.25) is 0 Å². The second kappa shape index (κ2) is 5.01. The molecule has 0 spiro atoms. The highest BCUT2D eigenvalue weighted by molar-refractivity contribution is 4.94. The summed E-state index contributed by atoms with van der Waals surface area (Å²) in [7, 11) is 0. The molecule has 0 aromatic carbocycles. The average Bonchev–Trinajstić information content (AvgIpc) is 2.19. The Kier molecular flexibility index (Phi) is 4.93. The van der Waals surface area contributed by atoms with E-state index in [1.165, 1.54) is 6.92 Å². The van der Waals surface area contributed by atoms with E-state index in [9.17, 15) is 10.2 Å². The maximum Gasteiger partial charge on any atom is 0.197 e. The smallest absolute Gasteiger partial charge is 0.197 e. The molecule has 6 nitrogen and oxygen atoms in total. The van der Waals surface area contributed by atoms with Gasteiger partial charge in [-0.1, -0.05) is 6.92 Å². The van der Waals surface area contributed by atoms with Crippen LogP contribution in [-0.2, 0) is 0 Å². The predicted molar refractivity (Wildman–Crippen MR) is 47.1 cm³/mol. The Balaban J connectivity index is 5.05. The lowest BCUT2D eigenvalue weighted by molar-refractivity contribution is -0.296. The normalized spacial score (nSPS) is 15.6. The molecule has 0 bridgehead atoms. The van der Waals surface area contributed by atoms with Gasteiger partial charge in [0.15, 0.2) is 5.79 Å². The first-order valence-corrected chi connectivity index (χ1v) is 4.30. The molecule has 0 heterocycles. The highest BCUT2D eigenvalue weighted by Crippen LogP contribution is 2.36. The van der Waals surface area contributed by atoms with Crippen molar-refractivity contribution in [3.05, 3.63) is 0 Å². The van der Waals surface area contributed by atoms with Gasteiger partial charge in [-0.05, 0) is 5.92 Å². The van der Waals surface area contributed by atoms with E-state index in [0.29, 0.717) is 0 Å². The van der Waals surface area contributed by atoms with E-state index in [1.54, 1.807) is 0 Å². The van der Waals surface area contributed by atoms with Gasteiger partial charge in [0, 0.05) is 6.61 Å². The van der Waals surface area contributed by atoms with Gasteiger partial charge in [-0.25, -0.2) is 0 Å². The van der Waals surface area contributed by atoms with E-state index in [1.807, 2.05) is 0 Å². The standard InChI is InChI=1S/C8H18O6/c1-6(2-9)7(3-10,4-11)8(13,14)5-12/h6,9-14H,2-5H2,1H3. The lowest BCUT2D eigenvalue weighted by Crippen LogP contribution is -2.59.